The van der Waals surface area contributed by atoms with Gasteiger partial charge in [-0.3, -0.25) is 9.78 Å². The van der Waals surface area contributed by atoms with E-state index >= 15 is 0 Å². The van der Waals surface area contributed by atoms with Gasteiger partial charge in [0, 0.05) is 29.4 Å². The van der Waals surface area contributed by atoms with Crippen molar-refractivity contribution in [3.05, 3.63) is 95.1 Å². The number of carbonyl (C=O) groups is 1. The summed E-state index contributed by atoms with van der Waals surface area (Å²) in [4.78, 5) is 28.7. The Balaban J connectivity index is 1.65. The number of fused-ring (bicyclic) bond motifs is 1. The molecule has 166 valence electrons. The third-order valence-corrected chi connectivity index (χ3v) is 6.62. The molecule has 0 bridgehead atoms. The number of carbonyl (C=O) groups excluding carboxylic acids is 1. The highest BCUT2D eigenvalue weighted by molar-refractivity contribution is 8.10. The quantitative estimate of drug-likeness (QED) is 0.307. The van der Waals surface area contributed by atoms with Crippen LogP contribution in [0, 0.1) is 0 Å². The molecule has 0 saturated carbocycles. The molecule has 0 aliphatic carbocycles. The summed E-state index contributed by atoms with van der Waals surface area (Å²) in [6.07, 6.45) is 7.27. The number of nitrogens with one attached hydrogen (secondary N) is 1. The van der Waals surface area contributed by atoms with E-state index in [2.05, 4.69) is 35.9 Å². The first kappa shape index (κ1) is 22.9. The van der Waals surface area contributed by atoms with Crippen molar-refractivity contribution in [1.29, 1.82) is 0 Å². The van der Waals surface area contributed by atoms with Crippen LogP contribution in [-0.4, -0.2) is 27.4 Å². The summed E-state index contributed by atoms with van der Waals surface area (Å²) in [6, 6.07) is 13.5. The molecular weight excluding hydrogens is 448 g/mol. The molecular formula is C26H24N4OS2. The normalized spacial score (nSPS) is 11.5. The Morgan fingerprint density at radius 1 is 1.15 bits per heavy atom. The van der Waals surface area contributed by atoms with Gasteiger partial charge >= 0.3 is 0 Å². The molecule has 5 nitrogen and oxygen atoms in total. The summed E-state index contributed by atoms with van der Waals surface area (Å²) < 4.78 is 0. The van der Waals surface area contributed by atoms with Crippen molar-refractivity contribution in [3.8, 4) is 10.6 Å². The molecule has 33 heavy (non-hydrogen) atoms. The van der Waals surface area contributed by atoms with Crippen molar-refractivity contribution in [2.24, 2.45) is 0 Å². The van der Waals surface area contributed by atoms with Crippen LogP contribution >= 0.6 is 23.1 Å². The topological polar surface area (TPSA) is 67.8 Å². The van der Waals surface area contributed by atoms with Gasteiger partial charge in [0.2, 0.25) is 0 Å². The number of benzene rings is 1. The molecule has 0 radical (unpaired) electrons. The van der Waals surface area contributed by atoms with E-state index in [4.69, 9.17) is 9.97 Å². The Morgan fingerprint density at radius 2 is 2.00 bits per heavy atom. The van der Waals surface area contributed by atoms with Gasteiger partial charge in [0.15, 0.2) is 0 Å². The Bertz CT molecular complexity index is 1280. The molecule has 0 atom stereocenters. The van der Waals surface area contributed by atoms with Crippen LogP contribution in [0.2, 0.25) is 0 Å². The lowest BCUT2D eigenvalue weighted by Crippen LogP contribution is -2.25. The van der Waals surface area contributed by atoms with Gasteiger partial charge in [-0.15, -0.1) is 11.3 Å². The van der Waals surface area contributed by atoms with Crippen LogP contribution in [0.15, 0.2) is 78.3 Å². The van der Waals surface area contributed by atoms with E-state index in [9.17, 15) is 4.79 Å². The Hall–Kier alpha value is -3.29. The number of thioether (sulfide) groups is 1. The summed E-state index contributed by atoms with van der Waals surface area (Å²) in [6.45, 7) is 6.52. The van der Waals surface area contributed by atoms with E-state index in [-0.39, 0.29) is 5.91 Å². The largest absolute Gasteiger partial charge is 0.352 e. The van der Waals surface area contributed by atoms with Crippen molar-refractivity contribution in [1.82, 2.24) is 20.3 Å². The zero-order valence-electron chi connectivity index (χ0n) is 18.3. The lowest BCUT2D eigenvalue weighted by Gasteiger charge is -2.12. The van der Waals surface area contributed by atoms with Crippen LogP contribution in [0.4, 0.5) is 0 Å². The smallest absolute Gasteiger partial charge is 0.251 e. The molecule has 0 unspecified atom stereocenters. The van der Waals surface area contributed by atoms with Crippen LogP contribution in [0.25, 0.3) is 26.5 Å². The van der Waals surface area contributed by atoms with Gasteiger partial charge in [-0.1, -0.05) is 37.4 Å². The summed E-state index contributed by atoms with van der Waals surface area (Å²) in [7, 11) is 0. The molecule has 1 amide bonds. The van der Waals surface area contributed by atoms with Crippen LogP contribution < -0.4 is 5.32 Å². The van der Waals surface area contributed by atoms with Crippen molar-refractivity contribution in [2.45, 2.75) is 19.8 Å². The highest BCUT2D eigenvalue weighted by Crippen LogP contribution is 2.36. The molecule has 7 heteroatoms. The van der Waals surface area contributed by atoms with Gasteiger partial charge in [-0.2, -0.15) is 0 Å². The van der Waals surface area contributed by atoms with Crippen molar-refractivity contribution in [3.63, 3.8) is 0 Å². The molecule has 0 saturated heterocycles. The second kappa shape index (κ2) is 11.0. The average molecular weight is 473 g/mol. The maximum Gasteiger partial charge on any atom is 0.251 e. The molecule has 1 N–H and O–H groups in total. The standard InChI is InChI=1S/C26H24N4OS2/c1-3-6-22(32-4-2)24-25(23-7-5-16-33-23)29-20-9-8-19(17-21(20)30-24)26(31)28-15-12-18-10-13-27-14-11-18/h4-11,13-14,16-17H,2-3,12,15H2,1H3,(H,28,31)/b22-6-. The second-order valence-corrected chi connectivity index (χ2v) is 9.18. The van der Waals surface area contributed by atoms with Crippen molar-refractivity contribution in [2.75, 3.05) is 6.54 Å². The third kappa shape index (κ3) is 5.56. The summed E-state index contributed by atoms with van der Waals surface area (Å²) in [5.41, 5.74) is 4.82. The molecule has 3 heterocycles. The van der Waals surface area contributed by atoms with E-state index in [0.717, 1.165) is 45.1 Å². The number of amides is 1. The predicted molar refractivity (Wildman–Crippen MR) is 139 cm³/mol. The molecule has 0 aliphatic heterocycles. The maximum absolute atomic E-state index is 12.8. The number of nitrogens with zero attached hydrogens (tertiary/aromatic N) is 3. The van der Waals surface area contributed by atoms with Gasteiger partial charge in [0.05, 0.1) is 15.9 Å². The fourth-order valence-corrected chi connectivity index (χ4v) is 4.81. The molecule has 3 aromatic heterocycles. The van der Waals surface area contributed by atoms with Gasteiger partial charge in [0.25, 0.3) is 5.91 Å². The van der Waals surface area contributed by atoms with Crippen LogP contribution in [0.5, 0.6) is 0 Å². The Morgan fingerprint density at radius 3 is 2.73 bits per heavy atom. The zero-order valence-corrected chi connectivity index (χ0v) is 20.0. The molecule has 0 fully saturated rings. The fraction of sp³-hybridized carbons (Fsp3) is 0.154. The van der Waals surface area contributed by atoms with Gasteiger partial charge in [-0.05, 0) is 65.6 Å². The SMILES string of the molecule is C=CS/C(=C\CC)c1nc2cc(C(=O)NCCc3ccncc3)ccc2nc1-c1cccs1. The minimum absolute atomic E-state index is 0.124. The van der Waals surface area contributed by atoms with Crippen LogP contribution in [0.3, 0.4) is 0 Å². The molecule has 0 aliphatic rings. The van der Waals surface area contributed by atoms with Gasteiger partial charge in [0.1, 0.15) is 11.4 Å². The van der Waals surface area contributed by atoms with Crippen LogP contribution in [-0.2, 0) is 6.42 Å². The summed E-state index contributed by atoms with van der Waals surface area (Å²) >= 11 is 3.17. The first-order valence-electron chi connectivity index (χ1n) is 10.7. The summed E-state index contributed by atoms with van der Waals surface area (Å²) in [5.74, 6) is -0.124. The number of hydrogen-bond acceptors (Lipinski definition) is 6. The second-order valence-electron chi connectivity index (χ2n) is 7.22. The molecule has 1 aromatic carbocycles. The molecule has 0 spiro atoms. The summed E-state index contributed by atoms with van der Waals surface area (Å²) in [5, 5.41) is 6.83. The van der Waals surface area contributed by atoms with E-state index in [1.54, 1.807) is 35.2 Å². The minimum atomic E-state index is -0.124. The van der Waals surface area contributed by atoms with E-state index in [1.807, 2.05) is 35.7 Å². The lowest BCUT2D eigenvalue weighted by atomic mass is 10.1. The average Bonchev–Trinajstić information content (AvgIpc) is 3.38. The third-order valence-electron chi connectivity index (χ3n) is 4.96. The number of thiophene rings is 1. The monoisotopic (exact) mass is 472 g/mol. The van der Waals surface area contributed by atoms with E-state index in [1.165, 1.54) is 11.8 Å². The number of aromatic nitrogens is 3. The number of rotatable bonds is 9. The Labute approximate surface area is 201 Å². The molecule has 4 rings (SSSR count). The lowest BCUT2D eigenvalue weighted by molar-refractivity contribution is 0.0954. The maximum atomic E-state index is 12.8. The van der Waals surface area contributed by atoms with Crippen molar-refractivity contribution < 1.29 is 4.79 Å². The predicted octanol–water partition coefficient (Wildman–Crippen LogP) is 6.35. The highest BCUT2D eigenvalue weighted by atomic mass is 32.2. The van der Waals surface area contributed by atoms with Gasteiger partial charge < -0.3 is 5.32 Å². The fourth-order valence-electron chi connectivity index (χ4n) is 3.40. The highest BCUT2D eigenvalue weighted by Gasteiger charge is 2.17. The minimum Gasteiger partial charge on any atom is -0.352 e. The number of hydrogen-bond donors (Lipinski definition) is 1. The zero-order chi connectivity index (χ0) is 23.0. The first-order valence-corrected chi connectivity index (χ1v) is 12.5. The van der Waals surface area contributed by atoms with E-state index in [0.29, 0.717) is 17.6 Å². The number of allylic oxidation sites excluding steroid dienone is 1. The van der Waals surface area contributed by atoms with Crippen molar-refractivity contribution >= 4 is 44.9 Å². The number of pyridine rings is 1. The Kier molecular flexibility index (Phi) is 7.65. The molecule has 4 aromatic rings. The van der Waals surface area contributed by atoms with E-state index < -0.39 is 0 Å². The van der Waals surface area contributed by atoms with Crippen LogP contribution in [0.1, 0.15) is 35.0 Å². The first-order chi connectivity index (χ1) is 16.2. The van der Waals surface area contributed by atoms with Gasteiger partial charge in [-0.25, -0.2) is 9.97 Å².